The lowest BCUT2D eigenvalue weighted by molar-refractivity contribution is -0.137. The molecule has 0 aromatic carbocycles. The molecular weight excluding hydrogens is 210 g/mol. The van der Waals surface area contributed by atoms with Crippen molar-refractivity contribution in [3.63, 3.8) is 0 Å². The Labute approximate surface area is 93.4 Å². The summed E-state index contributed by atoms with van der Waals surface area (Å²) in [6.07, 6.45) is 2.11. The monoisotopic (exact) mass is 225 g/mol. The zero-order valence-electron chi connectivity index (χ0n) is 9.10. The summed E-state index contributed by atoms with van der Waals surface area (Å²) in [7, 11) is 0. The Morgan fingerprint density at radius 1 is 1.56 bits per heavy atom. The van der Waals surface area contributed by atoms with Crippen LogP contribution < -0.4 is 5.32 Å². The number of carbonyl (C=O) groups is 2. The number of rotatable bonds is 6. The number of amides is 1. The molecule has 0 fully saturated rings. The van der Waals surface area contributed by atoms with Gasteiger partial charge in [0.15, 0.2) is 5.76 Å². The maximum absolute atomic E-state index is 11.4. The van der Waals surface area contributed by atoms with Gasteiger partial charge in [0.25, 0.3) is 5.91 Å². The number of aliphatic carboxylic acids is 1. The first-order chi connectivity index (χ1) is 7.59. The molecule has 0 bridgehead atoms. The van der Waals surface area contributed by atoms with E-state index in [1.165, 1.54) is 6.26 Å². The quantitative estimate of drug-likeness (QED) is 0.769. The fourth-order valence-electron chi connectivity index (χ4n) is 1.23. The summed E-state index contributed by atoms with van der Waals surface area (Å²) in [4.78, 5) is 21.8. The predicted molar refractivity (Wildman–Crippen MR) is 57.1 cm³/mol. The molecule has 1 rings (SSSR count). The van der Waals surface area contributed by atoms with Crippen molar-refractivity contribution >= 4 is 11.9 Å². The van der Waals surface area contributed by atoms with Gasteiger partial charge in [-0.2, -0.15) is 0 Å². The van der Waals surface area contributed by atoms with E-state index in [2.05, 4.69) is 5.32 Å². The minimum atomic E-state index is -0.816. The standard InChI is InChI=1S/C11H15NO4/c1-8(4-5-10(13)14)7-12-11(15)9-3-2-6-16-9/h2-3,6,8H,4-5,7H2,1H3,(H,12,15)(H,13,14). The summed E-state index contributed by atoms with van der Waals surface area (Å²) in [5.41, 5.74) is 0. The summed E-state index contributed by atoms with van der Waals surface area (Å²) < 4.78 is 4.92. The van der Waals surface area contributed by atoms with Gasteiger partial charge in [0.05, 0.1) is 6.26 Å². The van der Waals surface area contributed by atoms with Gasteiger partial charge in [0.2, 0.25) is 0 Å². The number of carbonyl (C=O) groups excluding carboxylic acids is 1. The number of furan rings is 1. The van der Waals surface area contributed by atoms with Crippen molar-refractivity contribution < 1.29 is 19.1 Å². The maximum Gasteiger partial charge on any atom is 0.303 e. The van der Waals surface area contributed by atoms with Gasteiger partial charge in [-0.1, -0.05) is 6.92 Å². The number of carboxylic acid groups (broad SMARTS) is 1. The highest BCUT2D eigenvalue weighted by Crippen LogP contribution is 2.05. The van der Waals surface area contributed by atoms with E-state index in [1.807, 2.05) is 6.92 Å². The molecule has 5 heteroatoms. The second-order valence-corrected chi connectivity index (χ2v) is 3.72. The van der Waals surface area contributed by atoms with Gasteiger partial charge in [-0.15, -0.1) is 0 Å². The van der Waals surface area contributed by atoms with E-state index in [0.29, 0.717) is 13.0 Å². The topological polar surface area (TPSA) is 79.5 Å². The molecule has 0 aliphatic carbocycles. The zero-order chi connectivity index (χ0) is 12.0. The van der Waals surface area contributed by atoms with Crippen LogP contribution in [-0.2, 0) is 4.79 Å². The molecule has 1 amide bonds. The van der Waals surface area contributed by atoms with Crippen molar-refractivity contribution in [3.05, 3.63) is 24.2 Å². The van der Waals surface area contributed by atoms with Crippen molar-refractivity contribution in [2.24, 2.45) is 5.92 Å². The number of carboxylic acids is 1. The summed E-state index contributed by atoms with van der Waals surface area (Å²) in [5.74, 6) is -0.683. The van der Waals surface area contributed by atoms with Crippen molar-refractivity contribution in [3.8, 4) is 0 Å². The Morgan fingerprint density at radius 3 is 2.88 bits per heavy atom. The number of hydrogen-bond acceptors (Lipinski definition) is 3. The lowest BCUT2D eigenvalue weighted by Crippen LogP contribution is -2.28. The minimum absolute atomic E-state index is 0.123. The highest BCUT2D eigenvalue weighted by molar-refractivity contribution is 5.91. The third-order valence-corrected chi connectivity index (χ3v) is 2.21. The van der Waals surface area contributed by atoms with Crippen molar-refractivity contribution in [1.29, 1.82) is 0 Å². The summed E-state index contributed by atoms with van der Waals surface area (Å²) in [6.45, 7) is 2.35. The van der Waals surface area contributed by atoms with Gasteiger partial charge >= 0.3 is 5.97 Å². The molecule has 16 heavy (non-hydrogen) atoms. The van der Waals surface area contributed by atoms with Gasteiger partial charge < -0.3 is 14.8 Å². The van der Waals surface area contributed by atoms with Crippen LogP contribution in [0.3, 0.4) is 0 Å². The Hall–Kier alpha value is -1.78. The highest BCUT2D eigenvalue weighted by Gasteiger charge is 2.10. The first kappa shape index (κ1) is 12.3. The smallest absolute Gasteiger partial charge is 0.303 e. The fraction of sp³-hybridized carbons (Fsp3) is 0.455. The number of hydrogen-bond donors (Lipinski definition) is 2. The van der Waals surface area contributed by atoms with Crippen LogP contribution in [0, 0.1) is 5.92 Å². The molecule has 1 atom stereocenters. The van der Waals surface area contributed by atoms with E-state index < -0.39 is 5.97 Å². The molecule has 1 heterocycles. The summed E-state index contributed by atoms with van der Waals surface area (Å²) in [6, 6.07) is 3.22. The average molecular weight is 225 g/mol. The molecule has 88 valence electrons. The Bertz CT molecular complexity index is 345. The van der Waals surface area contributed by atoms with E-state index in [0.717, 1.165) is 0 Å². The van der Waals surface area contributed by atoms with Crippen molar-refractivity contribution in [2.75, 3.05) is 6.54 Å². The molecule has 1 aromatic heterocycles. The third-order valence-electron chi connectivity index (χ3n) is 2.21. The van der Waals surface area contributed by atoms with Crippen LogP contribution in [0.15, 0.2) is 22.8 Å². The SMILES string of the molecule is CC(CCC(=O)O)CNC(=O)c1ccco1. The molecule has 0 aliphatic heterocycles. The van der Waals surface area contributed by atoms with Crippen LogP contribution in [0.2, 0.25) is 0 Å². The van der Waals surface area contributed by atoms with Gasteiger partial charge in [-0.3, -0.25) is 9.59 Å². The first-order valence-corrected chi connectivity index (χ1v) is 5.13. The highest BCUT2D eigenvalue weighted by atomic mass is 16.4. The van der Waals surface area contributed by atoms with Crippen molar-refractivity contribution in [2.45, 2.75) is 19.8 Å². The number of nitrogens with one attached hydrogen (secondary N) is 1. The molecular formula is C11H15NO4. The molecule has 5 nitrogen and oxygen atoms in total. The predicted octanol–water partition coefficient (Wildman–Crippen LogP) is 1.51. The van der Waals surface area contributed by atoms with Crippen LogP contribution in [0.5, 0.6) is 0 Å². The molecule has 0 saturated carbocycles. The molecule has 0 aliphatic rings. The van der Waals surface area contributed by atoms with Crippen molar-refractivity contribution in [1.82, 2.24) is 5.32 Å². The van der Waals surface area contributed by atoms with Crippen LogP contribution in [-0.4, -0.2) is 23.5 Å². The molecule has 1 aromatic rings. The first-order valence-electron chi connectivity index (χ1n) is 5.13. The minimum Gasteiger partial charge on any atom is -0.481 e. The van der Waals surface area contributed by atoms with Gasteiger partial charge in [0.1, 0.15) is 0 Å². The molecule has 2 N–H and O–H groups in total. The molecule has 0 spiro atoms. The maximum atomic E-state index is 11.4. The molecule has 0 radical (unpaired) electrons. The normalized spacial score (nSPS) is 12.1. The Kier molecular flexibility index (Phi) is 4.57. The van der Waals surface area contributed by atoms with E-state index in [-0.39, 0.29) is 24.0 Å². The molecule has 1 unspecified atom stereocenters. The lowest BCUT2D eigenvalue weighted by Gasteiger charge is -2.10. The van der Waals surface area contributed by atoms with Gasteiger partial charge in [-0.25, -0.2) is 0 Å². The molecule has 0 saturated heterocycles. The Balaban J connectivity index is 2.24. The lowest BCUT2D eigenvalue weighted by atomic mass is 10.1. The average Bonchev–Trinajstić information content (AvgIpc) is 2.76. The van der Waals surface area contributed by atoms with Crippen LogP contribution >= 0.6 is 0 Å². The Morgan fingerprint density at radius 2 is 2.31 bits per heavy atom. The van der Waals surface area contributed by atoms with Gasteiger partial charge in [0, 0.05) is 13.0 Å². The third kappa shape index (κ3) is 4.16. The van der Waals surface area contributed by atoms with E-state index in [4.69, 9.17) is 9.52 Å². The van der Waals surface area contributed by atoms with Crippen LogP contribution in [0.4, 0.5) is 0 Å². The summed E-state index contributed by atoms with van der Waals surface area (Å²) in [5, 5.41) is 11.2. The van der Waals surface area contributed by atoms with Gasteiger partial charge in [-0.05, 0) is 24.5 Å². The van der Waals surface area contributed by atoms with E-state index in [9.17, 15) is 9.59 Å². The second-order valence-electron chi connectivity index (χ2n) is 3.72. The summed E-state index contributed by atoms with van der Waals surface area (Å²) >= 11 is 0. The zero-order valence-corrected chi connectivity index (χ0v) is 9.10. The van der Waals surface area contributed by atoms with Crippen LogP contribution in [0.1, 0.15) is 30.3 Å². The van der Waals surface area contributed by atoms with E-state index >= 15 is 0 Å². The van der Waals surface area contributed by atoms with Crippen LogP contribution in [0.25, 0.3) is 0 Å². The largest absolute Gasteiger partial charge is 0.481 e. The second kappa shape index (κ2) is 5.95. The fourth-order valence-corrected chi connectivity index (χ4v) is 1.23. The van der Waals surface area contributed by atoms with E-state index in [1.54, 1.807) is 12.1 Å².